The number of carbonyl (C=O) groups is 1. The van der Waals surface area contributed by atoms with Gasteiger partial charge in [-0.2, -0.15) is 0 Å². The van der Waals surface area contributed by atoms with Gasteiger partial charge in [0.25, 0.3) is 0 Å². The zero-order valence-electron chi connectivity index (χ0n) is 11.7. The highest BCUT2D eigenvalue weighted by atomic mass is 32.1. The molecule has 0 radical (unpaired) electrons. The van der Waals surface area contributed by atoms with Gasteiger partial charge >= 0.3 is 0 Å². The Morgan fingerprint density at radius 3 is 2.84 bits per heavy atom. The van der Waals surface area contributed by atoms with E-state index >= 15 is 0 Å². The first-order valence-electron chi connectivity index (χ1n) is 7.23. The summed E-state index contributed by atoms with van der Waals surface area (Å²) in [5, 5.41) is 5.59. The molecule has 0 aromatic carbocycles. The molecule has 1 saturated carbocycles. The lowest BCUT2D eigenvalue weighted by Crippen LogP contribution is -2.43. The molecule has 3 nitrogen and oxygen atoms in total. The van der Waals surface area contributed by atoms with Crippen LogP contribution in [0.2, 0.25) is 0 Å². The molecule has 3 rings (SSSR count). The minimum atomic E-state index is -0.00391. The van der Waals surface area contributed by atoms with Crippen molar-refractivity contribution in [1.82, 2.24) is 10.2 Å². The first-order valence-corrected chi connectivity index (χ1v) is 8.11. The van der Waals surface area contributed by atoms with Crippen molar-refractivity contribution in [2.45, 2.75) is 51.7 Å². The molecular formula is C15H22N2OS. The van der Waals surface area contributed by atoms with Crippen LogP contribution < -0.4 is 5.32 Å². The van der Waals surface area contributed by atoms with Crippen LogP contribution in [-0.2, 0) is 4.79 Å². The fourth-order valence-electron chi connectivity index (χ4n) is 3.17. The van der Waals surface area contributed by atoms with E-state index in [0.29, 0.717) is 5.41 Å². The third kappa shape index (κ3) is 2.32. The van der Waals surface area contributed by atoms with Crippen molar-refractivity contribution < 1.29 is 4.79 Å². The Bertz CT molecular complexity index is 453. The minimum absolute atomic E-state index is 0.00391. The summed E-state index contributed by atoms with van der Waals surface area (Å²) < 4.78 is 0. The van der Waals surface area contributed by atoms with Crippen LogP contribution >= 0.6 is 11.3 Å². The third-order valence-electron chi connectivity index (χ3n) is 4.59. The number of rotatable bonds is 4. The normalized spacial score (nSPS) is 29.6. The average molecular weight is 278 g/mol. The van der Waals surface area contributed by atoms with E-state index in [1.807, 2.05) is 0 Å². The topological polar surface area (TPSA) is 32.3 Å². The Kier molecular flexibility index (Phi) is 3.39. The molecule has 1 aliphatic carbocycles. The molecule has 1 N–H and O–H groups in total. The third-order valence-corrected chi connectivity index (χ3v) is 5.51. The summed E-state index contributed by atoms with van der Waals surface area (Å²) in [5.41, 5.74) is 0.343. The van der Waals surface area contributed by atoms with Gasteiger partial charge in [0.1, 0.15) is 6.17 Å². The highest BCUT2D eigenvalue weighted by Crippen LogP contribution is 2.43. The van der Waals surface area contributed by atoms with Crippen LogP contribution in [0, 0.1) is 5.41 Å². The monoisotopic (exact) mass is 278 g/mol. The molecule has 1 aliphatic heterocycles. The summed E-state index contributed by atoms with van der Waals surface area (Å²) in [6.45, 7) is 5.29. The van der Waals surface area contributed by atoms with E-state index in [1.165, 1.54) is 24.1 Å². The number of nitrogens with zero attached hydrogens (tertiary/aromatic N) is 1. The second kappa shape index (κ2) is 4.91. The second-order valence-electron chi connectivity index (χ2n) is 6.18. The molecule has 2 heterocycles. The van der Waals surface area contributed by atoms with Gasteiger partial charge in [0.05, 0.1) is 6.04 Å². The van der Waals surface area contributed by atoms with E-state index in [2.05, 4.69) is 41.6 Å². The summed E-state index contributed by atoms with van der Waals surface area (Å²) in [5.74, 6) is 0.286. The van der Waals surface area contributed by atoms with Crippen molar-refractivity contribution in [3.63, 3.8) is 0 Å². The molecular weight excluding hydrogens is 256 g/mol. The zero-order valence-corrected chi connectivity index (χ0v) is 12.5. The lowest BCUT2D eigenvalue weighted by atomic mass is 9.70. The molecule has 1 aromatic heterocycles. The Labute approximate surface area is 119 Å². The second-order valence-corrected chi connectivity index (χ2v) is 7.16. The molecule has 1 amide bonds. The molecule has 1 aromatic rings. The maximum absolute atomic E-state index is 12.5. The average Bonchev–Trinajstić information content (AvgIpc) is 2.97. The molecule has 1 saturated heterocycles. The summed E-state index contributed by atoms with van der Waals surface area (Å²) >= 11 is 1.73. The van der Waals surface area contributed by atoms with Crippen LogP contribution in [0.25, 0.3) is 0 Å². The van der Waals surface area contributed by atoms with Crippen LogP contribution in [0.3, 0.4) is 0 Å². The van der Waals surface area contributed by atoms with Crippen LogP contribution in [0.4, 0.5) is 0 Å². The highest BCUT2D eigenvalue weighted by molar-refractivity contribution is 7.10. The summed E-state index contributed by atoms with van der Waals surface area (Å²) in [4.78, 5) is 15.9. The molecule has 2 atom stereocenters. The van der Waals surface area contributed by atoms with Crippen molar-refractivity contribution in [2.75, 3.05) is 6.54 Å². The fraction of sp³-hybridized carbons (Fsp3) is 0.667. The van der Waals surface area contributed by atoms with Crippen LogP contribution in [0.15, 0.2) is 17.5 Å². The van der Waals surface area contributed by atoms with Crippen molar-refractivity contribution in [3.05, 3.63) is 22.4 Å². The number of amides is 1. The van der Waals surface area contributed by atoms with Crippen molar-refractivity contribution in [3.8, 4) is 0 Å². The largest absolute Gasteiger partial charge is 0.320 e. The van der Waals surface area contributed by atoms with Crippen LogP contribution in [0.1, 0.15) is 50.6 Å². The number of thiophene rings is 1. The summed E-state index contributed by atoms with van der Waals surface area (Å²) in [7, 11) is 0. The van der Waals surface area contributed by atoms with E-state index in [4.69, 9.17) is 0 Å². The van der Waals surface area contributed by atoms with Gasteiger partial charge in [-0.15, -0.1) is 11.3 Å². The maximum atomic E-state index is 12.5. The predicted octanol–water partition coefficient (Wildman–Crippen LogP) is 3.15. The molecule has 2 fully saturated rings. The number of hydrogen-bond donors (Lipinski definition) is 1. The van der Waals surface area contributed by atoms with Gasteiger partial charge in [-0.1, -0.05) is 26.3 Å². The van der Waals surface area contributed by atoms with E-state index in [9.17, 15) is 4.79 Å². The predicted molar refractivity (Wildman–Crippen MR) is 77.9 cm³/mol. The van der Waals surface area contributed by atoms with Crippen molar-refractivity contribution in [1.29, 1.82) is 0 Å². The van der Waals surface area contributed by atoms with Gasteiger partial charge in [0, 0.05) is 11.4 Å². The quantitative estimate of drug-likeness (QED) is 0.917. The first-order chi connectivity index (χ1) is 9.13. The Morgan fingerprint density at radius 2 is 2.32 bits per heavy atom. The SMILES string of the molecule is CCC1NC(c2cccs2)N(CC2(C)CCC2)C1=O. The van der Waals surface area contributed by atoms with E-state index in [1.54, 1.807) is 11.3 Å². The highest BCUT2D eigenvalue weighted by Gasteiger charge is 2.44. The molecule has 19 heavy (non-hydrogen) atoms. The smallest absolute Gasteiger partial charge is 0.241 e. The fourth-order valence-corrected chi connectivity index (χ4v) is 3.97. The lowest BCUT2D eigenvalue weighted by molar-refractivity contribution is -0.132. The van der Waals surface area contributed by atoms with E-state index in [-0.39, 0.29) is 18.1 Å². The summed E-state index contributed by atoms with van der Waals surface area (Å²) in [6.07, 6.45) is 4.78. The molecule has 4 heteroatoms. The Morgan fingerprint density at radius 1 is 1.53 bits per heavy atom. The molecule has 2 aliphatic rings. The van der Waals surface area contributed by atoms with Crippen LogP contribution in [0.5, 0.6) is 0 Å². The first kappa shape index (κ1) is 13.1. The number of hydrogen-bond acceptors (Lipinski definition) is 3. The Hall–Kier alpha value is -0.870. The lowest BCUT2D eigenvalue weighted by Gasteiger charge is -2.42. The van der Waals surface area contributed by atoms with Crippen LogP contribution in [-0.4, -0.2) is 23.4 Å². The standard InChI is InChI=1S/C15H22N2OS/c1-3-11-14(18)17(10-15(2)7-5-8-15)13(16-11)12-6-4-9-19-12/h4,6,9,11,13,16H,3,5,7-8,10H2,1-2H3. The van der Waals surface area contributed by atoms with Gasteiger partial charge in [-0.3, -0.25) is 10.1 Å². The van der Waals surface area contributed by atoms with E-state index < -0.39 is 0 Å². The van der Waals surface area contributed by atoms with Gasteiger partial charge < -0.3 is 4.90 Å². The van der Waals surface area contributed by atoms with Crippen molar-refractivity contribution >= 4 is 17.2 Å². The minimum Gasteiger partial charge on any atom is -0.320 e. The van der Waals surface area contributed by atoms with Gasteiger partial charge in [0.2, 0.25) is 5.91 Å². The number of carbonyl (C=O) groups excluding carboxylic acids is 1. The molecule has 104 valence electrons. The van der Waals surface area contributed by atoms with Crippen molar-refractivity contribution in [2.24, 2.45) is 5.41 Å². The summed E-state index contributed by atoms with van der Waals surface area (Å²) in [6, 6.07) is 4.19. The maximum Gasteiger partial charge on any atom is 0.241 e. The number of nitrogens with one attached hydrogen (secondary N) is 1. The molecule has 0 bridgehead atoms. The van der Waals surface area contributed by atoms with E-state index in [0.717, 1.165) is 13.0 Å². The van der Waals surface area contributed by atoms with Gasteiger partial charge in [-0.25, -0.2) is 0 Å². The van der Waals surface area contributed by atoms with Gasteiger partial charge in [0.15, 0.2) is 0 Å². The van der Waals surface area contributed by atoms with Gasteiger partial charge in [-0.05, 0) is 36.1 Å². The Balaban J connectivity index is 1.82. The molecule has 2 unspecified atom stereocenters. The molecule has 0 spiro atoms. The zero-order chi connectivity index (χ0) is 13.5.